The largest absolute Gasteiger partial charge is 0.465 e. The number of rotatable bonds is 6. The lowest BCUT2D eigenvalue weighted by molar-refractivity contribution is -0.143. The number of ether oxygens (including phenoxy) is 2. The van der Waals surface area contributed by atoms with E-state index in [1.165, 1.54) is 11.3 Å². The number of hydrogen-bond acceptors (Lipinski definition) is 6. The van der Waals surface area contributed by atoms with Gasteiger partial charge in [-0.3, -0.25) is 9.59 Å². The molecular weight excluding hydrogens is 428 g/mol. The Balaban J connectivity index is 2.12. The molecule has 1 aromatic heterocycles. The normalized spacial score (nSPS) is 11.5. The van der Waals surface area contributed by atoms with E-state index in [4.69, 9.17) is 21.1 Å². The number of nitrogens with zero attached hydrogens (tertiary/aromatic N) is 2. The van der Waals surface area contributed by atoms with Crippen LogP contribution in [0.1, 0.15) is 34.6 Å². The fourth-order valence-electron chi connectivity index (χ4n) is 2.77. The summed E-state index contributed by atoms with van der Waals surface area (Å²) in [6, 6.07) is 11.5. The molecule has 0 N–H and O–H groups in total. The number of esters is 2. The first-order chi connectivity index (χ1) is 14.4. The molecule has 0 radical (unpaired) electrons. The SMILES string of the molecule is CCOC(=O)Cn1c(=NC(=O)c2ccccc2Cl)sc2cc(C(=O)OCC)ccc21. The molecule has 0 bridgehead atoms. The topological polar surface area (TPSA) is 87.0 Å². The van der Waals surface area contributed by atoms with Crippen LogP contribution in [0.3, 0.4) is 0 Å². The quantitative estimate of drug-likeness (QED) is 0.537. The van der Waals surface area contributed by atoms with Crippen molar-refractivity contribution in [3.05, 3.63) is 63.4 Å². The summed E-state index contributed by atoms with van der Waals surface area (Å²) in [5.41, 5.74) is 1.27. The fourth-order valence-corrected chi connectivity index (χ4v) is 4.05. The van der Waals surface area contributed by atoms with Crippen LogP contribution >= 0.6 is 22.9 Å². The number of fused-ring (bicyclic) bond motifs is 1. The van der Waals surface area contributed by atoms with Gasteiger partial charge in [-0.15, -0.1) is 0 Å². The average Bonchev–Trinajstić information content (AvgIpc) is 3.04. The van der Waals surface area contributed by atoms with Crippen molar-refractivity contribution in [1.82, 2.24) is 4.57 Å². The van der Waals surface area contributed by atoms with Gasteiger partial charge in [0.05, 0.1) is 39.6 Å². The standard InChI is InChI=1S/C21H19ClN2O5S/c1-3-28-18(25)12-24-16-10-9-13(20(27)29-4-2)11-17(16)30-21(24)23-19(26)14-7-5-6-8-15(14)22/h5-11H,3-4,12H2,1-2H3. The van der Waals surface area contributed by atoms with E-state index in [1.807, 2.05) is 0 Å². The van der Waals surface area contributed by atoms with Crippen molar-refractivity contribution in [2.45, 2.75) is 20.4 Å². The lowest BCUT2D eigenvalue weighted by Gasteiger charge is -2.06. The molecule has 2 aromatic carbocycles. The minimum atomic E-state index is -0.532. The minimum Gasteiger partial charge on any atom is -0.465 e. The van der Waals surface area contributed by atoms with Crippen LogP contribution in [0.5, 0.6) is 0 Å². The van der Waals surface area contributed by atoms with E-state index in [2.05, 4.69) is 4.99 Å². The molecule has 0 unspecified atom stereocenters. The third kappa shape index (κ3) is 4.77. The van der Waals surface area contributed by atoms with E-state index in [0.717, 1.165) is 0 Å². The molecule has 30 heavy (non-hydrogen) atoms. The third-order valence-corrected chi connectivity index (χ3v) is 5.46. The van der Waals surface area contributed by atoms with Crippen LogP contribution in [0.15, 0.2) is 47.5 Å². The Kier molecular flexibility index (Phi) is 7.02. The molecule has 0 aliphatic rings. The Morgan fingerprint density at radius 3 is 2.50 bits per heavy atom. The highest BCUT2D eigenvalue weighted by Crippen LogP contribution is 2.21. The van der Waals surface area contributed by atoms with Gasteiger partial charge < -0.3 is 14.0 Å². The average molecular weight is 447 g/mol. The van der Waals surface area contributed by atoms with Crippen LogP contribution < -0.4 is 4.80 Å². The Hall–Kier alpha value is -2.97. The molecule has 0 fully saturated rings. The van der Waals surface area contributed by atoms with Crippen molar-refractivity contribution in [2.24, 2.45) is 4.99 Å². The van der Waals surface area contributed by atoms with Gasteiger partial charge in [-0.2, -0.15) is 4.99 Å². The maximum Gasteiger partial charge on any atom is 0.338 e. The highest BCUT2D eigenvalue weighted by atomic mass is 35.5. The molecule has 0 spiro atoms. The van der Waals surface area contributed by atoms with Crippen LogP contribution in [-0.2, 0) is 20.8 Å². The molecule has 0 aliphatic carbocycles. The van der Waals surface area contributed by atoms with Gasteiger partial charge in [-0.05, 0) is 44.2 Å². The smallest absolute Gasteiger partial charge is 0.338 e. The van der Waals surface area contributed by atoms with Crippen LogP contribution in [0, 0.1) is 0 Å². The van der Waals surface area contributed by atoms with Gasteiger partial charge in [-0.25, -0.2) is 4.79 Å². The first kappa shape index (κ1) is 21.7. The van der Waals surface area contributed by atoms with E-state index >= 15 is 0 Å². The number of benzene rings is 2. The second-order valence-corrected chi connectivity index (χ2v) is 7.49. The van der Waals surface area contributed by atoms with E-state index in [9.17, 15) is 14.4 Å². The lowest BCUT2D eigenvalue weighted by atomic mass is 10.2. The zero-order chi connectivity index (χ0) is 21.7. The van der Waals surface area contributed by atoms with E-state index in [1.54, 1.807) is 60.9 Å². The molecule has 0 aliphatic heterocycles. The first-order valence-electron chi connectivity index (χ1n) is 9.24. The molecule has 1 amide bonds. The summed E-state index contributed by atoms with van der Waals surface area (Å²) in [4.78, 5) is 41.3. The molecule has 7 nitrogen and oxygen atoms in total. The maximum atomic E-state index is 12.7. The van der Waals surface area contributed by atoms with E-state index in [-0.39, 0.29) is 30.3 Å². The third-order valence-electron chi connectivity index (χ3n) is 4.09. The van der Waals surface area contributed by atoms with Gasteiger partial charge in [0.25, 0.3) is 5.91 Å². The maximum absolute atomic E-state index is 12.7. The molecule has 1 heterocycles. The summed E-state index contributed by atoms with van der Waals surface area (Å²) in [6.07, 6.45) is 0. The molecule has 156 valence electrons. The van der Waals surface area contributed by atoms with Crippen molar-refractivity contribution in [1.29, 1.82) is 0 Å². The van der Waals surface area contributed by atoms with Crippen LogP contribution in [0.2, 0.25) is 5.02 Å². The molecule has 0 atom stereocenters. The highest BCUT2D eigenvalue weighted by Gasteiger charge is 2.16. The monoisotopic (exact) mass is 446 g/mol. The zero-order valence-electron chi connectivity index (χ0n) is 16.4. The highest BCUT2D eigenvalue weighted by molar-refractivity contribution is 7.16. The summed E-state index contributed by atoms with van der Waals surface area (Å²) in [6.45, 7) is 3.82. The Bertz CT molecular complexity index is 1180. The van der Waals surface area contributed by atoms with Crippen molar-refractivity contribution in [2.75, 3.05) is 13.2 Å². The van der Waals surface area contributed by atoms with Crippen LogP contribution in [0.4, 0.5) is 0 Å². The Morgan fingerprint density at radius 1 is 1.07 bits per heavy atom. The molecule has 3 rings (SSSR count). The molecular formula is C21H19ClN2O5S. The number of amides is 1. The van der Waals surface area contributed by atoms with Gasteiger partial charge in [0, 0.05) is 0 Å². The number of carbonyl (C=O) groups is 3. The van der Waals surface area contributed by atoms with Crippen molar-refractivity contribution < 1.29 is 23.9 Å². The predicted octanol–water partition coefficient (Wildman–Crippen LogP) is 3.84. The predicted molar refractivity (Wildman–Crippen MR) is 114 cm³/mol. The molecule has 3 aromatic rings. The second kappa shape index (κ2) is 9.69. The van der Waals surface area contributed by atoms with Crippen LogP contribution in [-0.4, -0.2) is 35.6 Å². The molecule has 0 saturated carbocycles. The summed E-state index contributed by atoms with van der Waals surface area (Å²) in [7, 11) is 0. The van der Waals surface area contributed by atoms with Gasteiger partial charge in [0.2, 0.25) is 0 Å². The summed E-state index contributed by atoms with van der Waals surface area (Å²) < 4.78 is 12.3. The first-order valence-corrected chi connectivity index (χ1v) is 10.4. The van der Waals surface area contributed by atoms with Gasteiger partial charge in [0.1, 0.15) is 6.54 Å². The number of aromatic nitrogens is 1. The summed E-state index contributed by atoms with van der Waals surface area (Å²) in [5, 5.41) is 0.286. The number of hydrogen-bond donors (Lipinski definition) is 0. The molecule has 9 heteroatoms. The van der Waals surface area contributed by atoms with Crippen molar-refractivity contribution in [3.63, 3.8) is 0 Å². The van der Waals surface area contributed by atoms with Gasteiger partial charge in [-0.1, -0.05) is 35.1 Å². The van der Waals surface area contributed by atoms with Crippen LogP contribution in [0.25, 0.3) is 10.2 Å². The van der Waals surface area contributed by atoms with E-state index in [0.29, 0.717) is 20.6 Å². The second-order valence-electron chi connectivity index (χ2n) is 6.08. The number of thiazole rings is 1. The van der Waals surface area contributed by atoms with Crippen molar-refractivity contribution in [3.8, 4) is 0 Å². The van der Waals surface area contributed by atoms with E-state index < -0.39 is 17.8 Å². The Morgan fingerprint density at radius 2 is 1.80 bits per heavy atom. The molecule has 0 saturated heterocycles. The number of carbonyl (C=O) groups excluding carboxylic acids is 3. The van der Waals surface area contributed by atoms with Crippen molar-refractivity contribution >= 4 is 51.0 Å². The zero-order valence-corrected chi connectivity index (χ0v) is 18.0. The summed E-state index contributed by atoms with van der Waals surface area (Å²) >= 11 is 7.28. The van der Waals surface area contributed by atoms with Gasteiger partial charge >= 0.3 is 11.9 Å². The lowest BCUT2D eigenvalue weighted by Crippen LogP contribution is -2.23. The van der Waals surface area contributed by atoms with Gasteiger partial charge in [0.15, 0.2) is 4.80 Å². The Labute approximate surface area is 181 Å². The minimum absolute atomic E-state index is 0.124. The summed E-state index contributed by atoms with van der Waals surface area (Å²) in [5.74, 6) is -1.44. The fraction of sp³-hybridized carbons (Fsp3) is 0.238. The number of halogens is 1.